The van der Waals surface area contributed by atoms with Crippen molar-refractivity contribution in [2.24, 2.45) is 0 Å². The molecule has 0 radical (unpaired) electrons. The Morgan fingerprint density at radius 3 is 2.59 bits per heavy atom. The van der Waals surface area contributed by atoms with Crippen molar-refractivity contribution in [2.45, 2.75) is 0 Å². The first kappa shape index (κ1) is 18.0. The van der Waals surface area contributed by atoms with Crippen molar-refractivity contribution < 1.29 is 9.53 Å². The van der Waals surface area contributed by atoms with Crippen LogP contribution in [0.4, 0.5) is 0 Å². The Balaban J connectivity index is 1.27. The van der Waals surface area contributed by atoms with Gasteiger partial charge in [-0.2, -0.15) is 5.10 Å². The minimum absolute atomic E-state index is 0.00166. The number of H-pyrrole nitrogens is 1. The molecule has 4 rings (SSSR count). The fourth-order valence-corrected chi connectivity index (χ4v) is 3.54. The number of nitrogens with zero attached hydrogens (tertiary/aromatic N) is 3. The van der Waals surface area contributed by atoms with Crippen molar-refractivity contribution in [3.8, 4) is 5.75 Å². The summed E-state index contributed by atoms with van der Waals surface area (Å²) in [4.78, 5) is 17.0. The zero-order chi connectivity index (χ0) is 18.6. The third-order valence-electron chi connectivity index (χ3n) is 4.82. The minimum Gasteiger partial charge on any atom is -0.492 e. The maximum Gasteiger partial charge on any atom is 0.275 e. The summed E-state index contributed by atoms with van der Waals surface area (Å²) in [7, 11) is 0. The van der Waals surface area contributed by atoms with Gasteiger partial charge in [-0.05, 0) is 30.3 Å². The number of benzene rings is 2. The highest BCUT2D eigenvalue weighted by atomic mass is 79.9. The number of piperazine rings is 1. The molecule has 0 spiro atoms. The Morgan fingerprint density at radius 2 is 1.81 bits per heavy atom. The molecule has 27 heavy (non-hydrogen) atoms. The highest BCUT2D eigenvalue weighted by Gasteiger charge is 2.24. The van der Waals surface area contributed by atoms with Crippen LogP contribution in [0.25, 0.3) is 10.9 Å². The largest absolute Gasteiger partial charge is 0.492 e. The number of carbonyl (C=O) groups excluding carboxylic acids is 1. The van der Waals surface area contributed by atoms with Crippen LogP contribution in [-0.2, 0) is 0 Å². The summed E-state index contributed by atoms with van der Waals surface area (Å²) in [5, 5.41) is 8.04. The van der Waals surface area contributed by atoms with E-state index in [4.69, 9.17) is 4.74 Å². The fraction of sp³-hybridized carbons (Fsp3) is 0.300. The molecule has 1 saturated heterocycles. The number of amides is 1. The Morgan fingerprint density at radius 1 is 1.07 bits per heavy atom. The van der Waals surface area contributed by atoms with E-state index in [0.717, 1.165) is 40.8 Å². The maximum absolute atomic E-state index is 12.8. The van der Waals surface area contributed by atoms with Gasteiger partial charge in [0.15, 0.2) is 5.69 Å². The van der Waals surface area contributed by atoms with E-state index in [2.05, 4.69) is 31.0 Å². The van der Waals surface area contributed by atoms with Crippen molar-refractivity contribution in [3.05, 3.63) is 58.7 Å². The van der Waals surface area contributed by atoms with Crippen LogP contribution in [0.3, 0.4) is 0 Å². The molecule has 2 aromatic carbocycles. The lowest BCUT2D eigenvalue weighted by Crippen LogP contribution is -2.49. The standard InChI is InChI=1S/C20H21BrN4O2/c21-15-5-7-16(8-6-15)27-14-13-24-9-11-25(12-10-24)20(26)19-17-3-1-2-4-18(17)22-23-19/h1-8H,9-14H2,(H,22,23). The lowest BCUT2D eigenvalue weighted by molar-refractivity contribution is 0.0616. The molecule has 7 heteroatoms. The van der Waals surface area contributed by atoms with E-state index < -0.39 is 0 Å². The van der Waals surface area contributed by atoms with Crippen molar-refractivity contribution >= 4 is 32.7 Å². The van der Waals surface area contributed by atoms with E-state index in [9.17, 15) is 4.79 Å². The molecule has 0 atom stereocenters. The Bertz CT molecular complexity index is 917. The number of rotatable bonds is 5. The summed E-state index contributed by atoms with van der Waals surface area (Å²) >= 11 is 3.42. The van der Waals surface area contributed by atoms with Gasteiger partial charge in [-0.1, -0.05) is 34.1 Å². The van der Waals surface area contributed by atoms with Crippen molar-refractivity contribution in [1.82, 2.24) is 20.0 Å². The third-order valence-corrected chi connectivity index (χ3v) is 5.35. The molecule has 0 aliphatic carbocycles. The van der Waals surface area contributed by atoms with Crippen molar-refractivity contribution in [2.75, 3.05) is 39.3 Å². The van der Waals surface area contributed by atoms with Gasteiger partial charge in [0, 0.05) is 42.6 Å². The molecule has 1 N–H and O–H groups in total. The molecule has 1 aliphatic heterocycles. The van der Waals surface area contributed by atoms with Crippen LogP contribution in [0.5, 0.6) is 5.75 Å². The Kier molecular flexibility index (Phi) is 5.40. The summed E-state index contributed by atoms with van der Waals surface area (Å²) in [6.45, 7) is 4.59. The van der Waals surface area contributed by atoms with E-state index >= 15 is 0 Å². The molecule has 0 unspecified atom stereocenters. The summed E-state index contributed by atoms with van der Waals surface area (Å²) < 4.78 is 6.83. The fourth-order valence-electron chi connectivity index (χ4n) is 3.27. The number of hydrogen-bond acceptors (Lipinski definition) is 4. The smallest absolute Gasteiger partial charge is 0.275 e. The lowest BCUT2D eigenvalue weighted by atomic mass is 10.2. The Labute approximate surface area is 166 Å². The van der Waals surface area contributed by atoms with Crippen LogP contribution in [0.2, 0.25) is 0 Å². The van der Waals surface area contributed by atoms with Gasteiger partial charge in [-0.3, -0.25) is 14.8 Å². The van der Waals surface area contributed by atoms with Crippen molar-refractivity contribution in [3.63, 3.8) is 0 Å². The second kappa shape index (κ2) is 8.10. The second-order valence-corrected chi connectivity index (χ2v) is 7.47. The number of nitrogens with one attached hydrogen (secondary N) is 1. The zero-order valence-corrected chi connectivity index (χ0v) is 16.5. The SMILES string of the molecule is O=C(c1n[nH]c2ccccc12)N1CCN(CCOc2ccc(Br)cc2)CC1. The number of hydrogen-bond donors (Lipinski definition) is 1. The van der Waals surface area contributed by atoms with Crippen molar-refractivity contribution in [1.29, 1.82) is 0 Å². The van der Waals surface area contributed by atoms with E-state index in [1.54, 1.807) is 0 Å². The highest BCUT2D eigenvalue weighted by molar-refractivity contribution is 9.10. The van der Waals surface area contributed by atoms with Gasteiger partial charge in [0.1, 0.15) is 12.4 Å². The Hall–Kier alpha value is -2.38. The van der Waals surface area contributed by atoms with E-state index in [1.165, 1.54) is 0 Å². The van der Waals surface area contributed by atoms with E-state index in [-0.39, 0.29) is 5.91 Å². The predicted octanol–water partition coefficient (Wildman–Crippen LogP) is 3.16. The number of carbonyl (C=O) groups is 1. The number of para-hydroxylation sites is 1. The molecule has 1 aromatic heterocycles. The van der Waals surface area contributed by atoms with Gasteiger partial charge in [-0.15, -0.1) is 0 Å². The summed E-state index contributed by atoms with van der Waals surface area (Å²) in [5.74, 6) is 0.871. The first-order valence-corrected chi connectivity index (χ1v) is 9.83. The number of aromatic nitrogens is 2. The van der Waals surface area contributed by atoms with Crippen LogP contribution in [0, 0.1) is 0 Å². The van der Waals surface area contributed by atoms with Gasteiger partial charge < -0.3 is 9.64 Å². The molecular weight excluding hydrogens is 408 g/mol. The first-order chi connectivity index (χ1) is 13.2. The lowest BCUT2D eigenvalue weighted by Gasteiger charge is -2.34. The van der Waals surface area contributed by atoms with Gasteiger partial charge in [0.05, 0.1) is 5.52 Å². The third kappa shape index (κ3) is 4.14. The normalized spacial score (nSPS) is 15.2. The zero-order valence-electron chi connectivity index (χ0n) is 14.9. The second-order valence-electron chi connectivity index (χ2n) is 6.55. The molecule has 140 valence electrons. The quantitative estimate of drug-likeness (QED) is 0.677. The molecule has 1 aliphatic rings. The topological polar surface area (TPSA) is 61.5 Å². The van der Waals surface area contributed by atoms with Gasteiger partial charge in [0.2, 0.25) is 0 Å². The number of ether oxygens (including phenoxy) is 1. The molecule has 1 amide bonds. The van der Waals surface area contributed by atoms with Crippen LogP contribution < -0.4 is 4.74 Å². The molecule has 6 nitrogen and oxygen atoms in total. The average Bonchev–Trinajstić information content (AvgIpc) is 3.14. The molecule has 3 aromatic rings. The summed E-state index contributed by atoms with van der Waals surface area (Å²) in [6, 6.07) is 15.6. The maximum atomic E-state index is 12.8. The number of aromatic amines is 1. The highest BCUT2D eigenvalue weighted by Crippen LogP contribution is 2.18. The minimum atomic E-state index is -0.00166. The van der Waals surface area contributed by atoms with Gasteiger partial charge in [-0.25, -0.2) is 0 Å². The van der Waals surface area contributed by atoms with Crippen LogP contribution in [0.1, 0.15) is 10.5 Å². The monoisotopic (exact) mass is 428 g/mol. The van der Waals surface area contributed by atoms with Crippen LogP contribution >= 0.6 is 15.9 Å². The summed E-state index contributed by atoms with van der Waals surface area (Å²) in [5.41, 5.74) is 1.40. The summed E-state index contributed by atoms with van der Waals surface area (Å²) in [6.07, 6.45) is 0. The predicted molar refractivity (Wildman–Crippen MR) is 108 cm³/mol. The number of halogens is 1. The molecule has 0 bridgehead atoms. The van der Waals surface area contributed by atoms with Gasteiger partial charge >= 0.3 is 0 Å². The molecule has 2 heterocycles. The molecule has 0 saturated carbocycles. The van der Waals surface area contributed by atoms with E-state index in [0.29, 0.717) is 25.4 Å². The van der Waals surface area contributed by atoms with Crippen LogP contribution in [-0.4, -0.2) is 65.2 Å². The first-order valence-electron chi connectivity index (χ1n) is 9.04. The average molecular weight is 429 g/mol. The number of fused-ring (bicyclic) bond motifs is 1. The van der Waals surface area contributed by atoms with Crippen LogP contribution in [0.15, 0.2) is 53.0 Å². The van der Waals surface area contributed by atoms with E-state index in [1.807, 2.05) is 53.4 Å². The molecular formula is C20H21BrN4O2. The molecule has 1 fully saturated rings. The van der Waals surface area contributed by atoms with Gasteiger partial charge in [0.25, 0.3) is 5.91 Å².